The zero-order valence-electron chi connectivity index (χ0n) is 18.8. The zero-order valence-corrected chi connectivity index (χ0v) is 18.8. The lowest BCUT2D eigenvalue weighted by Gasteiger charge is -2.12. The summed E-state index contributed by atoms with van der Waals surface area (Å²) < 4.78 is 0. The molecule has 1 heterocycles. The molecule has 0 saturated heterocycles. The van der Waals surface area contributed by atoms with Gasteiger partial charge in [0.25, 0.3) is 5.91 Å². The summed E-state index contributed by atoms with van der Waals surface area (Å²) in [6.45, 7) is 0. The highest BCUT2D eigenvalue weighted by Crippen LogP contribution is 2.31. The smallest absolute Gasteiger partial charge is 0.255 e. The van der Waals surface area contributed by atoms with Crippen molar-refractivity contribution in [2.75, 3.05) is 5.32 Å². The first-order valence-corrected chi connectivity index (χ1v) is 11.5. The quantitative estimate of drug-likeness (QED) is 0.304. The van der Waals surface area contributed by atoms with Crippen LogP contribution in [-0.2, 0) is 0 Å². The topological polar surface area (TPSA) is 54.9 Å². The van der Waals surface area contributed by atoms with E-state index in [0.717, 1.165) is 44.3 Å². The number of rotatable bonds is 4. The second-order valence-corrected chi connectivity index (χ2v) is 8.37. The minimum Gasteiger partial charge on any atom is -0.322 e. The molecule has 4 heteroatoms. The number of nitrogens with zero attached hydrogens (tertiary/aromatic N) is 2. The van der Waals surface area contributed by atoms with Crippen LogP contribution in [0.25, 0.3) is 44.3 Å². The summed E-state index contributed by atoms with van der Waals surface area (Å²) in [5.41, 5.74) is 6.42. The summed E-state index contributed by atoms with van der Waals surface area (Å²) in [5.74, 6) is -0.160. The highest BCUT2D eigenvalue weighted by atomic mass is 16.1. The van der Waals surface area contributed by atoms with Crippen LogP contribution in [0.4, 0.5) is 5.69 Å². The number of anilines is 1. The van der Waals surface area contributed by atoms with Gasteiger partial charge in [-0.3, -0.25) is 4.79 Å². The molecule has 6 aromatic rings. The summed E-state index contributed by atoms with van der Waals surface area (Å²) in [4.78, 5) is 22.9. The van der Waals surface area contributed by atoms with Gasteiger partial charge in [-0.25, -0.2) is 9.97 Å². The Bertz CT molecular complexity index is 1680. The molecule has 0 unspecified atom stereocenters. The van der Waals surface area contributed by atoms with Crippen molar-refractivity contribution in [1.29, 1.82) is 0 Å². The standard InChI is InChI=1S/C31H21N3O/c35-31(25-16-15-21-9-7-8-14-24(21)19-25)32-26-17-18-27-28(20-26)34-30(23-12-5-2-6-13-23)29(33-27)22-10-3-1-4-11-22/h1-20H,(H,32,35). The van der Waals surface area contributed by atoms with Crippen LogP contribution in [0, 0.1) is 0 Å². The van der Waals surface area contributed by atoms with Crippen LogP contribution >= 0.6 is 0 Å². The van der Waals surface area contributed by atoms with Crippen molar-refractivity contribution in [3.05, 3.63) is 127 Å². The third-order valence-corrected chi connectivity index (χ3v) is 6.03. The highest BCUT2D eigenvalue weighted by Gasteiger charge is 2.14. The maximum atomic E-state index is 13.0. The minimum atomic E-state index is -0.160. The van der Waals surface area contributed by atoms with Crippen molar-refractivity contribution in [1.82, 2.24) is 9.97 Å². The minimum absolute atomic E-state index is 0.160. The lowest BCUT2D eigenvalue weighted by atomic mass is 10.0. The Balaban J connectivity index is 1.39. The van der Waals surface area contributed by atoms with Crippen LogP contribution in [0.15, 0.2) is 121 Å². The molecule has 0 atom stereocenters. The van der Waals surface area contributed by atoms with Crippen molar-refractivity contribution < 1.29 is 4.79 Å². The lowest BCUT2D eigenvalue weighted by Crippen LogP contribution is -2.11. The lowest BCUT2D eigenvalue weighted by molar-refractivity contribution is 0.102. The van der Waals surface area contributed by atoms with Crippen molar-refractivity contribution in [3.63, 3.8) is 0 Å². The van der Waals surface area contributed by atoms with E-state index in [1.165, 1.54) is 0 Å². The molecule has 0 aliphatic rings. The van der Waals surface area contributed by atoms with Gasteiger partial charge < -0.3 is 5.32 Å². The molecule has 0 bridgehead atoms. The molecule has 0 aliphatic carbocycles. The summed E-state index contributed by atoms with van der Waals surface area (Å²) in [6.07, 6.45) is 0. The van der Waals surface area contributed by atoms with E-state index in [1.807, 2.05) is 121 Å². The summed E-state index contributed by atoms with van der Waals surface area (Å²) >= 11 is 0. The highest BCUT2D eigenvalue weighted by molar-refractivity contribution is 6.07. The third-order valence-electron chi connectivity index (χ3n) is 6.03. The Morgan fingerprint density at radius 2 is 1.14 bits per heavy atom. The fourth-order valence-corrected chi connectivity index (χ4v) is 4.26. The number of carbonyl (C=O) groups is 1. The average molecular weight is 452 g/mol. The maximum Gasteiger partial charge on any atom is 0.255 e. The molecule has 6 rings (SSSR count). The molecular formula is C31H21N3O. The SMILES string of the molecule is O=C(Nc1ccc2nc(-c3ccccc3)c(-c3ccccc3)nc2c1)c1ccc2ccccc2c1. The van der Waals surface area contributed by atoms with Gasteiger partial charge in [0.2, 0.25) is 0 Å². The van der Waals surface area contributed by atoms with Gasteiger partial charge in [-0.1, -0.05) is 91.0 Å². The first kappa shape index (κ1) is 20.8. The van der Waals surface area contributed by atoms with Gasteiger partial charge in [0.05, 0.1) is 22.4 Å². The van der Waals surface area contributed by atoms with Crippen LogP contribution in [0.3, 0.4) is 0 Å². The van der Waals surface area contributed by atoms with Gasteiger partial charge in [0.15, 0.2) is 0 Å². The van der Waals surface area contributed by atoms with Crippen LogP contribution < -0.4 is 5.32 Å². The van der Waals surface area contributed by atoms with E-state index in [2.05, 4.69) is 5.32 Å². The molecule has 0 aliphatic heterocycles. The van der Waals surface area contributed by atoms with Gasteiger partial charge in [-0.05, 0) is 41.1 Å². The van der Waals surface area contributed by atoms with Crippen molar-refractivity contribution >= 4 is 33.4 Å². The molecule has 0 saturated carbocycles. The molecule has 0 radical (unpaired) electrons. The van der Waals surface area contributed by atoms with Crippen LogP contribution in [0.5, 0.6) is 0 Å². The Labute approximate surface area is 202 Å². The Hall–Kier alpha value is -4.83. The first-order chi connectivity index (χ1) is 17.2. The van der Waals surface area contributed by atoms with Crippen LogP contribution in [0.2, 0.25) is 0 Å². The molecule has 1 N–H and O–H groups in total. The number of nitrogens with one attached hydrogen (secondary N) is 1. The monoisotopic (exact) mass is 451 g/mol. The van der Waals surface area contributed by atoms with Gasteiger partial charge in [-0.2, -0.15) is 0 Å². The van der Waals surface area contributed by atoms with Gasteiger partial charge >= 0.3 is 0 Å². The number of aromatic nitrogens is 2. The first-order valence-electron chi connectivity index (χ1n) is 11.5. The Morgan fingerprint density at radius 1 is 0.543 bits per heavy atom. The summed E-state index contributed by atoms with van der Waals surface area (Å²) in [6, 6.07) is 39.5. The van der Waals surface area contributed by atoms with E-state index < -0.39 is 0 Å². The molecule has 1 aromatic heterocycles. The number of carbonyl (C=O) groups excluding carboxylic acids is 1. The average Bonchev–Trinajstić information content (AvgIpc) is 2.93. The molecule has 0 fully saturated rings. The van der Waals surface area contributed by atoms with E-state index in [1.54, 1.807) is 0 Å². The predicted molar refractivity (Wildman–Crippen MR) is 142 cm³/mol. The van der Waals surface area contributed by atoms with Crippen LogP contribution in [0.1, 0.15) is 10.4 Å². The largest absolute Gasteiger partial charge is 0.322 e. The summed E-state index contributed by atoms with van der Waals surface area (Å²) in [7, 11) is 0. The number of amides is 1. The maximum absolute atomic E-state index is 13.0. The normalized spacial score (nSPS) is 11.0. The number of benzene rings is 5. The third kappa shape index (κ3) is 4.13. The number of hydrogen-bond donors (Lipinski definition) is 1. The van der Waals surface area contributed by atoms with E-state index in [-0.39, 0.29) is 5.91 Å². The molecule has 5 aromatic carbocycles. The van der Waals surface area contributed by atoms with E-state index in [0.29, 0.717) is 11.3 Å². The van der Waals surface area contributed by atoms with E-state index in [9.17, 15) is 4.79 Å². The number of hydrogen-bond acceptors (Lipinski definition) is 3. The van der Waals surface area contributed by atoms with E-state index in [4.69, 9.17) is 9.97 Å². The van der Waals surface area contributed by atoms with Gasteiger partial charge in [0, 0.05) is 22.4 Å². The van der Waals surface area contributed by atoms with Gasteiger partial charge in [0.1, 0.15) is 0 Å². The molecule has 1 amide bonds. The Kier molecular flexibility index (Phi) is 5.24. The van der Waals surface area contributed by atoms with Crippen molar-refractivity contribution in [2.24, 2.45) is 0 Å². The zero-order chi connectivity index (χ0) is 23.6. The molecule has 4 nitrogen and oxygen atoms in total. The second kappa shape index (κ2) is 8.84. The van der Waals surface area contributed by atoms with Crippen molar-refractivity contribution in [2.45, 2.75) is 0 Å². The second-order valence-electron chi connectivity index (χ2n) is 8.37. The van der Waals surface area contributed by atoms with Crippen molar-refractivity contribution in [3.8, 4) is 22.5 Å². The predicted octanol–water partition coefficient (Wildman–Crippen LogP) is 7.37. The van der Waals surface area contributed by atoms with E-state index >= 15 is 0 Å². The Morgan fingerprint density at radius 3 is 1.83 bits per heavy atom. The van der Waals surface area contributed by atoms with Crippen LogP contribution in [-0.4, -0.2) is 15.9 Å². The fourth-order valence-electron chi connectivity index (χ4n) is 4.26. The van der Waals surface area contributed by atoms with Gasteiger partial charge in [-0.15, -0.1) is 0 Å². The molecule has 35 heavy (non-hydrogen) atoms. The molecule has 166 valence electrons. The fraction of sp³-hybridized carbons (Fsp3) is 0. The number of fused-ring (bicyclic) bond motifs is 2. The molecule has 0 spiro atoms. The summed E-state index contributed by atoms with van der Waals surface area (Å²) in [5, 5.41) is 5.15. The molecular weight excluding hydrogens is 430 g/mol.